The second-order valence-corrected chi connectivity index (χ2v) is 9.23. The number of ether oxygens (including phenoxy) is 2. The maximum Gasteiger partial charge on any atom is 0.270 e. The van der Waals surface area contributed by atoms with Gasteiger partial charge in [0.1, 0.15) is 18.0 Å². The van der Waals surface area contributed by atoms with Crippen molar-refractivity contribution in [2.45, 2.75) is 6.61 Å². The standard InChI is InChI=1S/C29H20ClFN2O4S/c1-36-25-15-18(13-23-27(34)32-29(38)33(28(23)35)22-10-8-21(31)9-11-22)14-24(30)26(25)37-16-17-6-7-19-4-2-3-5-20(19)12-17/h2-15H,16H2,1H3,(H,32,34,38)/b23-13-. The number of methoxy groups -OCH3 is 1. The molecule has 1 aliphatic rings. The summed E-state index contributed by atoms with van der Waals surface area (Å²) in [5.74, 6) is -1.12. The molecule has 4 aromatic rings. The number of nitrogens with zero attached hydrogens (tertiary/aromatic N) is 1. The predicted octanol–water partition coefficient (Wildman–Crippen LogP) is 6.05. The Bertz CT molecular complexity index is 1620. The van der Waals surface area contributed by atoms with Crippen LogP contribution in [0.4, 0.5) is 10.1 Å². The van der Waals surface area contributed by atoms with E-state index in [2.05, 4.69) is 5.32 Å². The maximum atomic E-state index is 13.4. The smallest absolute Gasteiger partial charge is 0.270 e. The number of nitrogens with one attached hydrogen (secondary N) is 1. The predicted molar refractivity (Wildman–Crippen MR) is 149 cm³/mol. The van der Waals surface area contributed by atoms with Gasteiger partial charge in [-0.1, -0.05) is 48.0 Å². The average molecular weight is 547 g/mol. The third kappa shape index (κ3) is 5.09. The highest BCUT2D eigenvalue weighted by Gasteiger charge is 2.34. The van der Waals surface area contributed by atoms with E-state index in [1.54, 1.807) is 12.1 Å². The normalized spacial score (nSPS) is 14.7. The van der Waals surface area contributed by atoms with Gasteiger partial charge in [-0.05, 0) is 82.7 Å². The molecule has 0 bridgehead atoms. The van der Waals surface area contributed by atoms with Gasteiger partial charge in [0, 0.05) is 0 Å². The molecule has 1 heterocycles. The summed E-state index contributed by atoms with van der Waals surface area (Å²) in [7, 11) is 1.47. The van der Waals surface area contributed by atoms with Crippen molar-refractivity contribution in [2.75, 3.05) is 12.0 Å². The van der Waals surface area contributed by atoms with Crippen LogP contribution in [0, 0.1) is 5.82 Å². The van der Waals surface area contributed by atoms with Gasteiger partial charge in [-0.25, -0.2) is 4.39 Å². The molecule has 0 atom stereocenters. The zero-order valence-electron chi connectivity index (χ0n) is 20.0. The van der Waals surface area contributed by atoms with Gasteiger partial charge < -0.3 is 9.47 Å². The lowest BCUT2D eigenvalue weighted by molar-refractivity contribution is -0.122. The third-order valence-electron chi connectivity index (χ3n) is 5.95. The summed E-state index contributed by atoms with van der Waals surface area (Å²) in [5, 5.41) is 4.86. The minimum atomic E-state index is -0.662. The Hall–Kier alpha value is -4.27. The molecule has 0 aromatic heterocycles. The first-order valence-corrected chi connectivity index (χ1v) is 12.3. The topological polar surface area (TPSA) is 67.9 Å². The van der Waals surface area contributed by atoms with Crippen molar-refractivity contribution >= 4 is 63.3 Å². The number of hydrogen-bond donors (Lipinski definition) is 1. The van der Waals surface area contributed by atoms with Crippen LogP contribution < -0.4 is 19.7 Å². The van der Waals surface area contributed by atoms with E-state index in [9.17, 15) is 14.0 Å². The van der Waals surface area contributed by atoms with Gasteiger partial charge in [0.25, 0.3) is 11.8 Å². The van der Waals surface area contributed by atoms with Gasteiger partial charge in [-0.2, -0.15) is 0 Å². The molecule has 0 unspecified atom stereocenters. The zero-order chi connectivity index (χ0) is 26.8. The number of benzene rings is 4. The fourth-order valence-corrected chi connectivity index (χ4v) is 4.65. The summed E-state index contributed by atoms with van der Waals surface area (Å²) in [5.41, 5.74) is 1.54. The largest absolute Gasteiger partial charge is 0.493 e. The Morgan fingerprint density at radius 1 is 1.00 bits per heavy atom. The zero-order valence-corrected chi connectivity index (χ0v) is 21.6. The van der Waals surface area contributed by atoms with E-state index in [1.165, 1.54) is 37.5 Å². The van der Waals surface area contributed by atoms with Crippen LogP contribution in [0.1, 0.15) is 11.1 Å². The second-order valence-electron chi connectivity index (χ2n) is 8.44. The molecular weight excluding hydrogens is 527 g/mol. The summed E-state index contributed by atoms with van der Waals surface area (Å²) in [6.45, 7) is 0.256. The lowest BCUT2D eigenvalue weighted by atomic mass is 10.1. The molecule has 1 saturated heterocycles. The van der Waals surface area contributed by atoms with Crippen molar-refractivity contribution in [1.82, 2.24) is 5.32 Å². The van der Waals surface area contributed by atoms with Crippen LogP contribution in [-0.2, 0) is 16.2 Å². The number of halogens is 2. The number of amides is 2. The van der Waals surface area contributed by atoms with E-state index >= 15 is 0 Å². The molecule has 1 fully saturated rings. The SMILES string of the molecule is COc1cc(/C=C2/C(=O)NC(=S)N(c3ccc(F)cc3)C2=O)cc(Cl)c1OCc1ccc2ccccc2c1. The fourth-order valence-electron chi connectivity index (χ4n) is 4.10. The summed E-state index contributed by atoms with van der Waals surface area (Å²) < 4.78 is 24.9. The number of carbonyl (C=O) groups excluding carboxylic acids is 2. The molecule has 4 aromatic carbocycles. The third-order valence-corrected chi connectivity index (χ3v) is 6.51. The molecule has 2 amide bonds. The quantitative estimate of drug-likeness (QED) is 0.181. The second kappa shape index (κ2) is 10.6. The molecular formula is C29H20ClFN2O4S. The summed E-state index contributed by atoms with van der Waals surface area (Å²) >= 11 is 11.7. The van der Waals surface area contributed by atoms with Crippen molar-refractivity contribution in [3.05, 3.63) is 106 Å². The highest BCUT2D eigenvalue weighted by atomic mass is 35.5. The maximum absolute atomic E-state index is 13.4. The van der Waals surface area contributed by atoms with E-state index in [0.717, 1.165) is 21.2 Å². The minimum Gasteiger partial charge on any atom is -0.493 e. The van der Waals surface area contributed by atoms with Gasteiger partial charge in [-0.3, -0.25) is 19.8 Å². The lowest BCUT2D eigenvalue weighted by Crippen LogP contribution is -2.54. The molecule has 0 spiro atoms. The Labute approximate surface area is 228 Å². The molecule has 9 heteroatoms. The molecule has 1 N–H and O–H groups in total. The first-order valence-electron chi connectivity index (χ1n) is 11.5. The van der Waals surface area contributed by atoms with Crippen molar-refractivity contribution in [2.24, 2.45) is 0 Å². The molecule has 0 radical (unpaired) electrons. The Kier molecular flexibility index (Phi) is 7.09. The molecule has 5 rings (SSSR count). The number of rotatable bonds is 6. The molecule has 190 valence electrons. The van der Waals surface area contributed by atoms with E-state index in [4.69, 9.17) is 33.3 Å². The monoisotopic (exact) mass is 546 g/mol. The molecule has 38 heavy (non-hydrogen) atoms. The van der Waals surface area contributed by atoms with Gasteiger partial charge in [0.2, 0.25) is 0 Å². The minimum absolute atomic E-state index is 0.100. The average Bonchev–Trinajstić information content (AvgIpc) is 2.91. The van der Waals surface area contributed by atoms with Gasteiger partial charge >= 0.3 is 0 Å². The van der Waals surface area contributed by atoms with E-state index in [1.807, 2.05) is 42.5 Å². The van der Waals surface area contributed by atoms with Crippen LogP contribution in [0.3, 0.4) is 0 Å². The van der Waals surface area contributed by atoms with Crippen LogP contribution in [0.15, 0.2) is 84.4 Å². The summed E-state index contributed by atoms with van der Waals surface area (Å²) in [4.78, 5) is 27.0. The number of fused-ring (bicyclic) bond motifs is 1. The fraction of sp³-hybridized carbons (Fsp3) is 0.0690. The van der Waals surface area contributed by atoms with E-state index < -0.39 is 17.6 Å². The van der Waals surface area contributed by atoms with Crippen LogP contribution in [0.2, 0.25) is 5.02 Å². The Balaban J connectivity index is 1.42. The van der Waals surface area contributed by atoms with Crippen LogP contribution in [0.25, 0.3) is 16.8 Å². The first kappa shape index (κ1) is 25.4. The Morgan fingerprint density at radius 2 is 1.74 bits per heavy atom. The van der Waals surface area contributed by atoms with Crippen molar-refractivity contribution < 1.29 is 23.5 Å². The lowest BCUT2D eigenvalue weighted by Gasteiger charge is -2.29. The van der Waals surface area contributed by atoms with Crippen LogP contribution >= 0.6 is 23.8 Å². The van der Waals surface area contributed by atoms with Gasteiger partial charge in [0.05, 0.1) is 17.8 Å². The van der Waals surface area contributed by atoms with E-state index in [-0.39, 0.29) is 22.3 Å². The highest BCUT2D eigenvalue weighted by Crippen LogP contribution is 2.38. The van der Waals surface area contributed by atoms with E-state index in [0.29, 0.717) is 22.7 Å². The summed E-state index contributed by atoms with van der Waals surface area (Å²) in [6, 6.07) is 22.5. The number of hydrogen-bond acceptors (Lipinski definition) is 5. The van der Waals surface area contributed by atoms with Crippen LogP contribution in [0.5, 0.6) is 11.5 Å². The van der Waals surface area contributed by atoms with Gasteiger partial charge in [-0.15, -0.1) is 0 Å². The first-order chi connectivity index (χ1) is 18.3. The van der Waals surface area contributed by atoms with Crippen molar-refractivity contribution in [3.8, 4) is 11.5 Å². The van der Waals surface area contributed by atoms with Crippen LogP contribution in [-0.4, -0.2) is 24.0 Å². The number of carbonyl (C=O) groups is 2. The molecule has 0 saturated carbocycles. The number of anilines is 1. The Morgan fingerprint density at radius 3 is 2.47 bits per heavy atom. The van der Waals surface area contributed by atoms with Gasteiger partial charge in [0.15, 0.2) is 16.6 Å². The number of thiocarbonyl (C=S) groups is 1. The van der Waals surface area contributed by atoms with Crippen molar-refractivity contribution in [3.63, 3.8) is 0 Å². The molecule has 0 aliphatic carbocycles. The summed E-state index contributed by atoms with van der Waals surface area (Å²) in [6.07, 6.45) is 1.39. The molecule has 1 aliphatic heterocycles. The van der Waals surface area contributed by atoms with Crippen molar-refractivity contribution in [1.29, 1.82) is 0 Å². The molecule has 6 nitrogen and oxygen atoms in total. The highest BCUT2D eigenvalue weighted by molar-refractivity contribution is 7.80.